The Morgan fingerprint density at radius 1 is 1.25 bits per heavy atom. The van der Waals surface area contributed by atoms with E-state index >= 15 is 0 Å². The van der Waals surface area contributed by atoms with Gasteiger partial charge in [0.25, 0.3) is 5.91 Å². The Labute approximate surface area is 188 Å². The van der Waals surface area contributed by atoms with Crippen LogP contribution in [0.1, 0.15) is 46.2 Å². The Kier molecular flexibility index (Phi) is 6.37. The van der Waals surface area contributed by atoms with Crippen molar-refractivity contribution in [1.82, 2.24) is 15.0 Å². The predicted octanol–water partition coefficient (Wildman–Crippen LogP) is 3.31. The van der Waals surface area contributed by atoms with Crippen molar-refractivity contribution in [3.8, 4) is 12.1 Å². The van der Waals surface area contributed by atoms with Gasteiger partial charge in [0.1, 0.15) is 17.9 Å². The van der Waals surface area contributed by atoms with Crippen molar-refractivity contribution in [2.24, 2.45) is 0 Å². The van der Waals surface area contributed by atoms with E-state index in [2.05, 4.69) is 25.2 Å². The van der Waals surface area contributed by atoms with Crippen molar-refractivity contribution >= 4 is 33.8 Å². The molecule has 0 saturated carbocycles. The van der Waals surface area contributed by atoms with Crippen LogP contribution in [0.3, 0.4) is 0 Å². The zero-order valence-corrected chi connectivity index (χ0v) is 18.1. The summed E-state index contributed by atoms with van der Waals surface area (Å²) in [4.78, 5) is 38.9. The van der Waals surface area contributed by atoms with Gasteiger partial charge in [0.05, 0.1) is 11.3 Å². The van der Waals surface area contributed by atoms with E-state index in [1.165, 1.54) is 24.3 Å². The number of nitriles is 1. The van der Waals surface area contributed by atoms with Gasteiger partial charge in [-0.3, -0.25) is 9.59 Å². The van der Waals surface area contributed by atoms with Gasteiger partial charge in [-0.25, -0.2) is 15.0 Å². The summed E-state index contributed by atoms with van der Waals surface area (Å²) in [7, 11) is 0. The van der Waals surface area contributed by atoms with E-state index in [4.69, 9.17) is 4.74 Å². The number of hydrogen-bond donors (Lipinski definition) is 1. The highest BCUT2D eigenvalue weighted by molar-refractivity contribution is 7.14. The Morgan fingerprint density at radius 2 is 2.00 bits per heavy atom. The number of hydrogen-bond acceptors (Lipinski definition) is 9. The highest BCUT2D eigenvalue weighted by Crippen LogP contribution is 2.26. The number of Topliss-reactive ketones (excluding diaryl/α,β-unsaturated/α-hetero) is 1. The number of aromatic nitrogens is 3. The molecule has 4 rings (SSSR count). The number of benzene rings is 1. The van der Waals surface area contributed by atoms with Gasteiger partial charge in [-0.2, -0.15) is 5.26 Å². The SMILES string of the molecule is CC(=O)c1ccc(NC(=O)c2csc(N3CCC(Oc4ncccn4)CC3)n2)c(C#N)c1. The third-order valence-corrected chi connectivity index (χ3v) is 5.95. The molecule has 3 aromatic rings. The number of anilines is 2. The normalized spacial score (nSPS) is 13.9. The summed E-state index contributed by atoms with van der Waals surface area (Å²) >= 11 is 1.40. The molecule has 1 fully saturated rings. The Morgan fingerprint density at radius 3 is 2.69 bits per heavy atom. The van der Waals surface area contributed by atoms with Gasteiger partial charge in [0, 0.05) is 49.3 Å². The summed E-state index contributed by atoms with van der Waals surface area (Å²) in [6, 6.07) is 8.75. The van der Waals surface area contributed by atoms with Gasteiger partial charge >= 0.3 is 6.01 Å². The average Bonchev–Trinajstić information content (AvgIpc) is 3.31. The number of amides is 1. The first-order chi connectivity index (χ1) is 15.5. The van der Waals surface area contributed by atoms with Crippen LogP contribution in [0, 0.1) is 11.3 Å². The minimum Gasteiger partial charge on any atom is -0.460 e. The van der Waals surface area contributed by atoms with E-state index in [1.54, 1.807) is 36.0 Å². The van der Waals surface area contributed by atoms with E-state index < -0.39 is 5.91 Å². The first-order valence-electron chi connectivity index (χ1n) is 10.0. The van der Waals surface area contributed by atoms with Crippen molar-refractivity contribution in [2.45, 2.75) is 25.9 Å². The summed E-state index contributed by atoms with van der Waals surface area (Å²) in [5, 5.41) is 14.5. The lowest BCUT2D eigenvalue weighted by molar-refractivity contribution is 0.101. The molecule has 1 aliphatic heterocycles. The van der Waals surface area contributed by atoms with Crippen LogP contribution in [0.15, 0.2) is 42.0 Å². The van der Waals surface area contributed by atoms with Crippen LogP contribution in [-0.2, 0) is 0 Å². The van der Waals surface area contributed by atoms with Gasteiger partial charge in [-0.15, -0.1) is 11.3 Å². The molecule has 2 aromatic heterocycles. The number of piperidine rings is 1. The van der Waals surface area contributed by atoms with Gasteiger partial charge in [-0.1, -0.05) is 0 Å². The summed E-state index contributed by atoms with van der Waals surface area (Å²) in [6.45, 7) is 2.92. The zero-order chi connectivity index (χ0) is 22.5. The molecule has 32 heavy (non-hydrogen) atoms. The molecule has 1 aliphatic rings. The van der Waals surface area contributed by atoms with Crippen LogP contribution in [0.5, 0.6) is 6.01 Å². The topological polar surface area (TPSA) is 121 Å². The lowest BCUT2D eigenvalue weighted by Gasteiger charge is -2.31. The first kappa shape index (κ1) is 21.4. The van der Waals surface area contributed by atoms with Crippen LogP contribution in [0.2, 0.25) is 0 Å². The van der Waals surface area contributed by atoms with Crippen LogP contribution in [0.4, 0.5) is 10.8 Å². The number of ether oxygens (including phenoxy) is 1. The molecule has 0 radical (unpaired) electrons. The third kappa shape index (κ3) is 4.90. The number of carbonyl (C=O) groups is 2. The number of rotatable bonds is 6. The van der Waals surface area contributed by atoms with Gasteiger partial charge in [0.15, 0.2) is 10.9 Å². The number of ketones is 1. The molecule has 1 aromatic carbocycles. The van der Waals surface area contributed by atoms with E-state index in [-0.39, 0.29) is 23.1 Å². The van der Waals surface area contributed by atoms with Gasteiger partial charge in [-0.05, 0) is 31.2 Å². The van der Waals surface area contributed by atoms with E-state index in [0.29, 0.717) is 17.3 Å². The Balaban J connectivity index is 1.36. The molecule has 3 heterocycles. The number of nitrogens with zero attached hydrogens (tertiary/aromatic N) is 5. The minimum absolute atomic E-state index is 0.0405. The van der Waals surface area contributed by atoms with E-state index in [1.807, 2.05) is 6.07 Å². The molecule has 1 saturated heterocycles. The summed E-state index contributed by atoms with van der Waals surface area (Å²) in [5.74, 6) is -0.548. The molecule has 1 N–H and O–H groups in total. The smallest absolute Gasteiger partial charge is 0.316 e. The fraction of sp³-hybridized carbons (Fsp3) is 0.273. The standard InChI is InChI=1S/C22H20N6O3S/c1-14(29)15-3-4-18(16(11-15)12-23)26-20(30)19-13-32-22(27-19)28-9-5-17(6-10-28)31-21-24-7-2-8-25-21/h2-4,7-8,11,13,17H,5-6,9-10H2,1H3,(H,26,30). The average molecular weight is 449 g/mol. The highest BCUT2D eigenvalue weighted by atomic mass is 32.1. The van der Waals surface area contributed by atoms with Crippen molar-refractivity contribution in [3.63, 3.8) is 0 Å². The molecule has 0 spiro atoms. The van der Waals surface area contributed by atoms with Crippen molar-refractivity contribution in [1.29, 1.82) is 5.26 Å². The summed E-state index contributed by atoms with van der Waals surface area (Å²) in [6.07, 6.45) is 4.94. The van der Waals surface area contributed by atoms with Gasteiger partial charge in [0.2, 0.25) is 0 Å². The number of nitrogens with one attached hydrogen (secondary N) is 1. The first-order valence-corrected chi connectivity index (χ1v) is 10.9. The minimum atomic E-state index is -0.404. The molecule has 162 valence electrons. The fourth-order valence-electron chi connectivity index (χ4n) is 3.33. The third-order valence-electron chi connectivity index (χ3n) is 5.05. The van der Waals surface area contributed by atoms with E-state index in [0.717, 1.165) is 31.1 Å². The monoisotopic (exact) mass is 448 g/mol. The molecule has 0 bridgehead atoms. The molecule has 1 amide bonds. The fourth-order valence-corrected chi connectivity index (χ4v) is 4.18. The second-order valence-electron chi connectivity index (χ2n) is 7.23. The second kappa shape index (κ2) is 9.53. The maximum absolute atomic E-state index is 12.7. The lowest BCUT2D eigenvalue weighted by atomic mass is 10.1. The summed E-state index contributed by atoms with van der Waals surface area (Å²) < 4.78 is 5.82. The van der Waals surface area contributed by atoms with Crippen molar-refractivity contribution in [3.05, 3.63) is 58.9 Å². The van der Waals surface area contributed by atoms with Crippen LogP contribution >= 0.6 is 11.3 Å². The summed E-state index contributed by atoms with van der Waals surface area (Å²) in [5.41, 5.74) is 1.27. The number of thiazole rings is 1. The maximum atomic E-state index is 12.7. The maximum Gasteiger partial charge on any atom is 0.316 e. The second-order valence-corrected chi connectivity index (χ2v) is 8.07. The van der Waals surface area contributed by atoms with Crippen molar-refractivity contribution in [2.75, 3.05) is 23.3 Å². The molecule has 0 unspecified atom stereocenters. The zero-order valence-electron chi connectivity index (χ0n) is 17.3. The number of carbonyl (C=O) groups excluding carboxylic acids is 2. The Hall–Kier alpha value is -3.84. The molecule has 0 atom stereocenters. The Bertz CT molecular complexity index is 1170. The van der Waals surface area contributed by atoms with Gasteiger partial charge < -0.3 is 15.0 Å². The highest BCUT2D eigenvalue weighted by Gasteiger charge is 2.24. The van der Waals surface area contributed by atoms with E-state index in [9.17, 15) is 14.9 Å². The van der Waals surface area contributed by atoms with Crippen LogP contribution < -0.4 is 15.0 Å². The molecular formula is C22H20N6O3S. The molecule has 9 nitrogen and oxygen atoms in total. The van der Waals surface area contributed by atoms with Crippen molar-refractivity contribution < 1.29 is 14.3 Å². The largest absolute Gasteiger partial charge is 0.460 e. The quantitative estimate of drug-likeness (QED) is 0.570. The predicted molar refractivity (Wildman–Crippen MR) is 119 cm³/mol. The lowest BCUT2D eigenvalue weighted by Crippen LogP contribution is -2.38. The molecular weight excluding hydrogens is 428 g/mol. The van der Waals surface area contributed by atoms with Crippen LogP contribution in [0.25, 0.3) is 0 Å². The van der Waals surface area contributed by atoms with Crippen LogP contribution in [-0.4, -0.2) is 45.8 Å². The molecule has 0 aliphatic carbocycles. The molecule has 10 heteroatoms.